The van der Waals surface area contributed by atoms with Crippen molar-refractivity contribution in [1.29, 1.82) is 0 Å². The van der Waals surface area contributed by atoms with Crippen LogP contribution in [0.25, 0.3) is 0 Å². The number of likely N-dealkylation sites (N-methyl/N-ethyl adjacent to an activating group) is 1. The standard InChI is InChI=1S/C25H28N2O4S/c1-3-27(32(29,30)24-16-14-23(31-2)15-17-24)20-25(28)26(18-21-10-6-4-7-11-21)19-22-12-8-5-9-13-22/h4-17H,3,18-20H2,1-2H3. The van der Waals surface area contributed by atoms with Crippen LogP contribution in [-0.2, 0) is 27.9 Å². The highest BCUT2D eigenvalue weighted by atomic mass is 32.2. The molecule has 0 heterocycles. The second kappa shape index (κ2) is 10.9. The van der Waals surface area contributed by atoms with Crippen LogP contribution >= 0.6 is 0 Å². The van der Waals surface area contributed by atoms with E-state index in [0.717, 1.165) is 11.1 Å². The monoisotopic (exact) mass is 452 g/mol. The molecule has 0 radical (unpaired) electrons. The zero-order valence-corrected chi connectivity index (χ0v) is 19.2. The molecule has 0 bridgehead atoms. The number of rotatable bonds is 10. The Morgan fingerprint density at radius 1 is 0.812 bits per heavy atom. The van der Waals surface area contributed by atoms with Crippen molar-refractivity contribution in [3.63, 3.8) is 0 Å². The van der Waals surface area contributed by atoms with Gasteiger partial charge < -0.3 is 9.64 Å². The highest BCUT2D eigenvalue weighted by molar-refractivity contribution is 7.89. The summed E-state index contributed by atoms with van der Waals surface area (Å²) in [6.45, 7) is 2.48. The maximum Gasteiger partial charge on any atom is 0.243 e. The first kappa shape index (κ1) is 23.5. The number of methoxy groups -OCH3 is 1. The number of amides is 1. The first-order chi connectivity index (χ1) is 15.4. The van der Waals surface area contributed by atoms with Gasteiger partial charge in [-0.2, -0.15) is 4.31 Å². The van der Waals surface area contributed by atoms with Crippen LogP contribution in [0.4, 0.5) is 0 Å². The molecule has 0 aliphatic rings. The third-order valence-corrected chi connectivity index (χ3v) is 7.08. The summed E-state index contributed by atoms with van der Waals surface area (Å²) in [5, 5.41) is 0. The van der Waals surface area contributed by atoms with E-state index < -0.39 is 10.0 Å². The minimum atomic E-state index is -3.82. The van der Waals surface area contributed by atoms with E-state index in [0.29, 0.717) is 18.8 Å². The molecule has 3 rings (SSSR count). The van der Waals surface area contributed by atoms with Crippen molar-refractivity contribution >= 4 is 15.9 Å². The van der Waals surface area contributed by atoms with Crippen LogP contribution < -0.4 is 4.74 Å². The summed E-state index contributed by atoms with van der Waals surface area (Å²) in [6.07, 6.45) is 0. The Morgan fingerprint density at radius 3 is 1.75 bits per heavy atom. The molecular formula is C25H28N2O4S. The van der Waals surface area contributed by atoms with Crippen LogP contribution in [0.15, 0.2) is 89.8 Å². The lowest BCUT2D eigenvalue weighted by molar-refractivity contribution is -0.132. The summed E-state index contributed by atoms with van der Waals surface area (Å²) >= 11 is 0. The van der Waals surface area contributed by atoms with Crippen LogP contribution in [0.5, 0.6) is 5.75 Å². The summed E-state index contributed by atoms with van der Waals surface area (Å²) in [5.41, 5.74) is 1.97. The molecule has 0 aliphatic heterocycles. The van der Waals surface area contributed by atoms with Crippen molar-refractivity contribution in [2.45, 2.75) is 24.9 Å². The fourth-order valence-corrected chi connectivity index (χ4v) is 4.75. The van der Waals surface area contributed by atoms with Crippen molar-refractivity contribution < 1.29 is 17.9 Å². The second-order valence-corrected chi connectivity index (χ2v) is 9.27. The Bertz CT molecular complexity index is 1060. The van der Waals surface area contributed by atoms with Crippen LogP contribution in [0, 0.1) is 0 Å². The zero-order chi connectivity index (χ0) is 23.0. The lowest BCUT2D eigenvalue weighted by Crippen LogP contribution is -2.42. The van der Waals surface area contributed by atoms with Gasteiger partial charge in [-0.25, -0.2) is 8.42 Å². The van der Waals surface area contributed by atoms with E-state index in [-0.39, 0.29) is 23.9 Å². The topological polar surface area (TPSA) is 66.9 Å². The number of ether oxygens (including phenoxy) is 1. The van der Waals surface area contributed by atoms with Gasteiger partial charge in [0.1, 0.15) is 5.75 Å². The van der Waals surface area contributed by atoms with E-state index in [1.807, 2.05) is 60.7 Å². The number of carbonyl (C=O) groups is 1. The third-order valence-electron chi connectivity index (χ3n) is 5.15. The van der Waals surface area contributed by atoms with Gasteiger partial charge in [-0.3, -0.25) is 4.79 Å². The smallest absolute Gasteiger partial charge is 0.243 e. The van der Waals surface area contributed by atoms with Gasteiger partial charge in [-0.1, -0.05) is 67.6 Å². The first-order valence-corrected chi connectivity index (χ1v) is 11.9. The largest absolute Gasteiger partial charge is 0.497 e. The molecule has 7 heteroatoms. The maximum atomic E-state index is 13.3. The van der Waals surface area contributed by atoms with Gasteiger partial charge in [0.25, 0.3) is 0 Å². The van der Waals surface area contributed by atoms with Crippen molar-refractivity contribution in [3.8, 4) is 5.75 Å². The van der Waals surface area contributed by atoms with Crippen LogP contribution in [0.3, 0.4) is 0 Å². The highest BCUT2D eigenvalue weighted by Gasteiger charge is 2.27. The first-order valence-electron chi connectivity index (χ1n) is 10.4. The van der Waals surface area contributed by atoms with Crippen molar-refractivity contribution in [2.24, 2.45) is 0 Å². The van der Waals surface area contributed by atoms with E-state index in [1.165, 1.54) is 23.5 Å². The number of sulfonamides is 1. The van der Waals surface area contributed by atoms with E-state index in [2.05, 4.69) is 0 Å². The molecule has 0 N–H and O–H groups in total. The molecule has 0 saturated carbocycles. The molecule has 0 unspecified atom stereocenters. The number of carbonyl (C=O) groups excluding carboxylic acids is 1. The molecule has 0 atom stereocenters. The van der Waals surface area contributed by atoms with Crippen LogP contribution in [0.1, 0.15) is 18.1 Å². The fraction of sp³-hybridized carbons (Fsp3) is 0.240. The van der Waals surface area contributed by atoms with Gasteiger partial charge in [0.05, 0.1) is 18.6 Å². The summed E-state index contributed by atoms with van der Waals surface area (Å²) < 4.78 is 32.6. The van der Waals surface area contributed by atoms with E-state index in [4.69, 9.17) is 4.74 Å². The van der Waals surface area contributed by atoms with Crippen molar-refractivity contribution in [2.75, 3.05) is 20.2 Å². The zero-order valence-electron chi connectivity index (χ0n) is 18.3. The SMILES string of the molecule is CCN(CC(=O)N(Cc1ccccc1)Cc1ccccc1)S(=O)(=O)c1ccc(OC)cc1. The minimum Gasteiger partial charge on any atom is -0.497 e. The lowest BCUT2D eigenvalue weighted by atomic mass is 10.1. The Morgan fingerprint density at radius 2 is 1.31 bits per heavy atom. The summed E-state index contributed by atoms with van der Waals surface area (Å²) in [6, 6.07) is 25.5. The van der Waals surface area contributed by atoms with Gasteiger partial charge in [0.15, 0.2) is 0 Å². The minimum absolute atomic E-state index is 0.130. The maximum absolute atomic E-state index is 13.3. The predicted octanol–water partition coefficient (Wildman–Crippen LogP) is 3.93. The highest BCUT2D eigenvalue weighted by Crippen LogP contribution is 2.20. The average Bonchev–Trinajstić information content (AvgIpc) is 2.83. The molecule has 0 spiro atoms. The average molecular weight is 453 g/mol. The number of nitrogens with zero attached hydrogens (tertiary/aromatic N) is 2. The molecule has 0 saturated heterocycles. The molecule has 0 aromatic heterocycles. The van der Waals surface area contributed by atoms with Gasteiger partial charge in [0, 0.05) is 19.6 Å². The normalized spacial score (nSPS) is 11.3. The Balaban J connectivity index is 1.81. The van der Waals surface area contributed by atoms with Gasteiger partial charge in [-0.05, 0) is 35.4 Å². The molecule has 0 aliphatic carbocycles. The molecule has 3 aromatic carbocycles. The molecule has 0 fully saturated rings. The van der Waals surface area contributed by atoms with Gasteiger partial charge in [-0.15, -0.1) is 0 Å². The second-order valence-electron chi connectivity index (χ2n) is 7.33. The van der Waals surface area contributed by atoms with E-state index >= 15 is 0 Å². The summed E-state index contributed by atoms with van der Waals surface area (Å²) in [4.78, 5) is 15.1. The Labute approximate surface area is 190 Å². The molecule has 1 amide bonds. The molecule has 32 heavy (non-hydrogen) atoms. The van der Waals surface area contributed by atoms with Gasteiger partial charge in [0.2, 0.25) is 15.9 Å². The Hall–Kier alpha value is -3.16. The summed E-state index contributed by atoms with van der Waals surface area (Å²) in [5.74, 6) is 0.316. The van der Waals surface area contributed by atoms with E-state index in [9.17, 15) is 13.2 Å². The van der Waals surface area contributed by atoms with Crippen LogP contribution in [-0.4, -0.2) is 43.7 Å². The third kappa shape index (κ3) is 5.96. The van der Waals surface area contributed by atoms with Crippen molar-refractivity contribution in [3.05, 3.63) is 96.1 Å². The van der Waals surface area contributed by atoms with Gasteiger partial charge >= 0.3 is 0 Å². The van der Waals surface area contributed by atoms with Crippen LogP contribution in [0.2, 0.25) is 0 Å². The predicted molar refractivity (Wildman–Crippen MR) is 125 cm³/mol. The molecular weight excluding hydrogens is 424 g/mol. The molecule has 6 nitrogen and oxygen atoms in total. The fourth-order valence-electron chi connectivity index (χ4n) is 3.35. The van der Waals surface area contributed by atoms with Crippen molar-refractivity contribution in [1.82, 2.24) is 9.21 Å². The van der Waals surface area contributed by atoms with E-state index in [1.54, 1.807) is 24.0 Å². The summed E-state index contributed by atoms with van der Waals surface area (Å²) in [7, 11) is -2.30. The molecule has 3 aromatic rings. The number of benzene rings is 3. The Kier molecular flexibility index (Phi) is 8.03. The number of hydrogen-bond acceptors (Lipinski definition) is 4. The quantitative estimate of drug-likeness (QED) is 0.467. The number of hydrogen-bond donors (Lipinski definition) is 0. The lowest BCUT2D eigenvalue weighted by Gasteiger charge is -2.27. The molecule has 168 valence electrons.